The minimum absolute atomic E-state index is 0.250. The number of benzene rings is 2. The summed E-state index contributed by atoms with van der Waals surface area (Å²) in [6.07, 6.45) is 3.41. The van der Waals surface area contributed by atoms with Gasteiger partial charge in [-0.05, 0) is 54.6 Å². The van der Waals surface area contributed by atoms with Crippen LogP contribution in [-0.4, -0.2) is 44.9 Å². The molecule has 1 amide bonds. The Balaban J connectivity index is 1.37. The zero-order valence-corrected chi connectivity index (χ0v) is 18.5. The Morgan fingerprint density at radius 3 is 2.32 bits per heavy atom. The van der Waals surface area contributed by atoms with Crippen LogP contribution in [0, 0.1) is 0 Å². The molecule has 0 unspecified atom stereocenters. The minimum atomic E-state index is -0.250. The average Bonchev–Trinajstić information content (AvgIpc) is 3.32. The zero-order valence-electron chi connectivity index (χ0n) is 18.5. The number of amides is 1. The molecule has 0 saturated heterocycles. The maximum Gasteiger partial charge on any atom is 0.255 e. The third kappa shape index (κ3) is 4.02. The topological polar surface area (TPSA) is 104 Å². The van der Waals surface area contributed by atoms with Gasteiger partial charge in [0.1, 0.15) is 0 Å². The summed E-state index contributed by atoms with van der Waals surface area (Å²) in [5.41, 5.74) is 4.28. The van der Waals surface area contributed by atoms with Crippen LogP contribution in [0.5, 0.6) is 11.5 Å². The predicted octanol–water partition coefficient (Wildman–Crippen LogP) is 4.12. The molecule has 5 rings (SSSR count). The highest BCUT2D eigenvalue weighted by Gasteiger charge is 2.13. The van der Waals surface area contributed by atoms with Crippen molar-refractivity contribution in [3.63, 3.8) is 0 Å². The maximum absolute atomic E-state index is 12.7. The first kappa shape index (κ1) is 21.1. The smallest absolute Gasteiger partial charge is 0.255 e. The summed E-state index contributed by atoms with van der Waals surface area (Å²) in [6, 6.07) is 20.0. The van der Waals surface area contributed by atoms with Crippen LogP contribution in [0.2, 0.25) is 0 Å². The molecule has 3 heterocycles. The molecule has 0 aliphatic rings. The third-order valence-electron chi connectivity index (χ3n) is 5.29. The van der Waals surface area contributed by atoms with E-state index < -0.39 is 0 Å². The number of hydrogen-bond acceptors (Lipinski definition) is 7. The van der Waals surface area contributed by atoms with Gasteiger partial charge in [0.25, 0.3) is 5.91 Å². The van der Waals surface area contributed by atoms with Crippen LogP contribution in [-0.2, 0) is 0 Å². The van der Waals surface area contributed by atoms with Crippen molar-refractivity contribution in [2.45, 2.75) is 0 Å². The number of carbonyl (C=O) groups excluding carboxylic acids is 1. The van der Waals surface area contributed by atoms with Gasteiger partial charge in [-0.3, -0.25) is 9.78 Å². The maximum atomic E-state index is 12.7. The highest BCUT2D eigenvalue weighted by atomic mass is 16.5. The Labute approximate surface area is 195 Å². The monoisotopic (exact) mass is 452 g/mol. The van der Waals surface area contributed by atoms with E-state index in [0.29, 0.717) is 34.2 Å². The van der Waals surface area contributed by atoms with E-state index in [1.165, 1.54) is 7.11 Å². The molecule has 2 aromatic carbocycles. The number of fused-ring (bicyclic) bond motifs is 1. The van der Waals surface area contributed by atoms with Gasteiger partial charge in [-0.2, -0.15) is 9.61 Å². The number of rotatable bonds is 6. The first-order chi connectivity index (χ1) is 16.7. The molecule has 0 bridgehead atoms. The van der Waals surface area contributed by atoms with Gasteiger partial charge in [-0.1, -0.05) is 12.1 Å². The Kier molecular flexibility index (Phi) is 5.57. The minimum Gasteiger partial charge on any atom is -0.493 e. The van der Waals surface area contributed by atoms with Crippen molar-refractivity contribution in [2.24, 2.45) is 0 Å². The summed E-state index contributed by atoms with van der Waals surface area (Å²) >= 11 is 0. The van der Waals surface area contributed by atoms with Crippen LogP contribution in [0.25, 0.3) is 28.3 Å². The fourth-order valence-electron chi connectivity index (χ4n) is 3.53. The van der Waals surface area contributed by atoms with Crippen molar-refractivity contribution < 1.29 is 14.3 Å². The first-order valence-corrected chi connectivity index (χ1v) is 10.4. The lowest BCUT2D eigenvalue weighted by Crippen LogP contribution is -2.12. The number of pyridine rings is 1. The molecule has 168 valence electrons. The molecule has 0 saturated carbocycles. The van der Waals surface area contributed by atoms with E-state index in [9.17, 15) is 4.79 Å². The Morgan fingerprint density at radius 1 is 0.824 bits per heavy atom. The van der Waals surface area contributed by atoms with E-state index in [-0.39, 0.29) is 5.91 Å². The highest BCUT2D eigenvalue weighted by molar-refractivity contribution is 6.04. The molecule has 3 aromatic heterocycles. The van der Waals surface area contributed by atoms with Gasteiger partial charge in [0.15, 0.2) is 23.0 Å². The van der Waals surface area contributed by atoms with E-state index in [4.69, 9.17) is 14.6 Å². The molecule has 0 aliphatic carbocycles. The van der Waals surface area contributed by atoms with Crippen molar-refractivity contribution >= 4 is 17.2 Å². The second-order valence-corrected chi connectivity index (χ2v) is 7.35. The van der Waals surface area contributed by atoms with Crippen molar-refractivity contribution in [3.05, 3.63) is 84.7 Å². The Morgan fingerprint density at radius 2 is 1.59 bits per heavy atom. The van der Waals surface area contributed by atoms with Crippen LogP contribution < -0.4 is 14.8 Å². The molecule has 0 atom stereocenters. The average molecular weight is 452 g/mol. The summed E-state index contributed by atoms with van der Waals surface area (Å²) in [5.74, 6) is 1.44. The fraction of sp³-hybridized carbons (Fsp3) is 0.0800. The molecule has 0 spiro atoms. The number of nitrogens with zero attached hydrogens (tertiary/aromatic N) is 5. The summed E-state index contributed by atoms with van der Waals surface area (Å²) in [6.45, 7) is 0. The SMILES string of the molecule is COc1ccc(C(=O)Nc2ccc(-c3ccc4nnc(-c5ccncc5)n4n3)cc2)cc1OC. The molecule has 9 heteroatoms. The second kappa shape index (κ2) is 8.99. The van der Waals surface area contributed by atoms with E-state index >= 15 is 0 Å². The second-order valence-electron chi connectivity index (χ2n) is 7.35. The van der Waals surface area contributed by atoms with Crippen molar-refractivity contribution in [1.82, 2.24) is 24.8 Å². The van der Waals surface area contributed by atoms with Crippen molar-refractivity contribution in [2.75, 3.05) is 19.5 Å². The number of aromatic nitrogens is 5. The lowest BCUT2D eigenvalue weighted by atomic mass is 10.1. The van der Waals surface area contributed by atoms with Crippen LogP contribution in [0.1, 0.15) is 10.4 Å². The van der Waals surface area contributed by atoms with Gasteiger partial charge >= 0.3 is 0 Å². The lowest BCUT2D eigenvalue weighted by Gasteiger charge is -2.10. The highest BCUT2D eigenvalue weighted by Crippen LogP contribution is 2.28. The van der Waals surface area contributed by atoms with E-state index in [1.807, 2.05) is 48.5 Å². The summed E-state index contributed by atoms with van der Waals surface area (Å²) in [7, 11) is 3.08. The number of methoxy groups -OCH3 is 2. The van der Waals surface area contributed by atoms with Crippen molar-refractivity contribution in [3.8, 4) is 34.1 Å². The van der Waals surface area contributed by atoms with Gasteiger partial charge < -0.3 is 14.8 Å². The molecule has 0 fully saturated rings. The van der Waals surface area contributed by atoms with Crippen LogP contribution >= 0.6 is 0 Å². The van der Waals surface area contributed by atoms with Gasteiger partial charge in [0.05, 0.1) is 19.9 Å². The number of hydrogen-bond donors (Lipinski definition) is 1. The largest absolute Gasteiger partial charge is 0.493 e. The van der Waals surface area contributed by atoms with E-state index in [1.54, 1.807) is 42.2 Å². The van der Waals surface area contributed by atoms with Gasteiger partial charge in [0.2, 0.25) is 0 Å². The molecule has 34 heavy (non-hydrogen) atoms. The third-order valence-corrected chi connectivity index (χ3v) is 5.29. The Hall–Kier alpha value is -4.79. The molecule has 9 nitrogen and oxygen atoms in total. The first-order valence-electron chi connectivity index (χ1n) is 10.4. The molecule has 5 aromatic rings. The standard InChI is InChI=1S/C25H20N6O3/c1-33-21-9-5-18(15-22(21)34-2)25(32)27-19-6-3-16(4-7-19)20-8-10-23-28-29-24(31(23)30-20)17-11-13-26-14-12-17/h3-15H,1-2H3,(H,27,32). The molecule has 1 N–H and O–H groups in total. The van der Waals surface area contributed by atoms with Gasteiger partial charge in [-0.25, -0.2) is 0 Å². The number of anilines is 1. The van der Waals surface area contributed by atoms with Gasteiger partial charge in [-0.15, -0.1) is 10.2 Å². The number of nitrogens with one attached hydrogen (secondary N) is 1. The van der Waals surface area contributed by atoms with Crippen LogP contribution in [0.4, 0.5) is 5.69 Å². The van der Waals surface area contributed by atoms with E-state index in [0.717, 1.165) is 16.8 Å². The van der Waals surface area contributed by atoms with Crippen LogP contribution in [0.3, 0.4) is 0 Å². The van der Waals surface area contributed by atoms with Crippen LogP contribution in [0.15, 0.2) is 79.1 Å². The lowest BCUT2D eigenvalue weighted by molar-refractivity contribution is 0.102. The van der Waals surface area contributed by atoms with E-state index in [2.05, 4.69) is 20.5 Å². The molecular weight excluding hydrogens is 432 g/mol. The van der Waals surface area contributed by atoms with Gasteiger partial charge in [0, 0.05) is 34.8 Å². The molecular formula is C25H20N6O3. The number of carbonyl (C=O) groups is 1. The zero-order chi connectivity index (χ0) is 23.5. The molecule has 0 radical (unpaired) electrons. The fourth-order valence-corrected chi connectivity index (χ4v) is 3.53. The molecule has 0 aliphatic heterocycles. The quantitative estimate of drug-likeness (QED) is 0.413. The van der Waals surface area contributed by atoms with Crippen molar-refractivity contribution in [1.29, 1.82) is 0 Å². The number of ether oxygens (including phenoxy) is 2. The normalized spacial score (nSPS) is 10.8. The summed E-state index contributed by atoms with van der Waals surface area (Å²) < 4.78 is 12.2. The summed E-state index contributed by atoms with van der Waals surface area (Å²) in [4.78, 5) is 16.7. The summed E-state index contributed by atoms with van der Waals surface area (Å²) in [5, 5.41) is 16.1. The predicted molar refractivity (Wildman–Crippen MR) is 127 cm³/mol. The Bertz CT molecular complexity index is 1470.